The molecule has 0 radical (unpaired) electrons. The lowest BCUT2D eigenvalue weighted by molar-refractivity contribution is 0.0954. The molecule has 8 heteroatoms. The summed E-state index contributed by atoms with van der Waals surface area (Å²) in [5, 5.41) is 2.49. The fourth-order valence-corrected chi connectivity index (χ4v) is 2.80. The van der Waals surface area contributed by atoms with E-state index in [4.69, 9.17) is 4.74 Å². The second kappa shape index (κ2) is 6.43. The molecular formula is C16H16F2N2O3S. The van der Waals surface area contributed by atoms with E-state index in [9.17, 15) is 18.4 Å². The molecule has 5 nitrogen and oxygen atoms in total. The molecule has 0 atom stereocenters. The quantitative estimate of drug-likeness (QED) is 0.810. The lowest BCUT2D eigenvalue weighted by Gasteiger charge is -2.16. The van der Waals surface area contributed by atoms with Crippen LogP contribution in [0.3, 0.4) is 0 Å². The number of amides is 1. The van der Waals surface area contributed by atoms with Gasteiger partial charge in [0.05, 0.1) is 18.0 Å². The van der Waals surface area contributed by atoms with Crippen LogP contribution in [0.1, 0.15) is 29.2 Å². The first-order valence-corrected chi connectivity index (χ1v) is 8.12. The van der Waals surface area contributed by atoms with Gasteiger partial charge in [-0.2, -0.15) is 17.0 Å². The number of carbonyl (C=O) groups is 1. The molecule has 1 fully saturated rings. The molecule has 1 aliphatic rings. The van der Waals surface area contributed by atoms with Gasteiger partial charge in [0, 0.05) is 24.5 Å². The summed E-state index contributed by atoms with van der Waals surface area (Å²) in [7, 11) is 1.21. The molecule has 0 saturated heterocycles. The van der Waals surface area contributed by atoms with Crippen molar-refractivity contribution in [3.8, 4) is 5.75 Å². The van der Waals surface area contributed by atoms with Crippen molar-refractivity contribution in [2.45, 2.75) is 18.9 Å². The lowest BCUT2D eigenvalue weighted by atomic mass is 10.1. The van der Waals surface area contributed by atoms with Gasteiger partial charge in [0.1, 0.15) is 5.56 Å². The monoisotopic (exact) mass is 354 g/mol. The summed E-state index contributed by atoms with van der Waals surface area (Å²) in [6, 6.07) is 0.854. The molecule has 24 heavy (non-hydrogen) atoms. The van der Waals surface area contributed by atoms with E-state index in [1.807, 2.05) is 0 Å². The highest BCUT2D eigenvalue weighted by Crippen LogP contribution is 2.40. The van der Waals surface area contributed by atoms with E-state index < -0.39 is 23.0 Å². The van der Waals surface area contributed by atoms with Crippen molar-refractivity contribution in [2.75, 3.05) is 19.4 Å². The maximum atomic E-state index is 14.1. The van der Waals surface area contributed by atoms with Crippen LogP contribution in [0, 0.1) is 11.6 Å². The highest BCUT2D eigenvalue weighted by molar-refractivity contribution is 7.80. The molecule has 1 N–H and O–H groups in total. The van der Waals surface area contributed by atoms with Crippen LogP contribution in [-0.2, 0) is 0 Å². The Balaban J connectivity index is 2.31. The van der Waals surface area contributed by atoms with Crippen LogP contribution in [0.2, 0.25) is 0 Å². The maximum Gasteiger partial charge on any atom is 0.256 e. The van der Waals surface area contributed by atoms with Crippen molar-refractivity contribution in [1.82, 2.24) is 9.88 Å². The van der Waals surface area contributed by atoms with E-state index in [1.165, 1.54) is 13.3 Å². The number of hydrogen-bond donors (Lipinski definition) is 2. The van der Waals surface area contributed by atoms with E-state index in [2.05, 4.69) is 17.9 Å². The van der Waals surface area contributed by atoms with Crippen molar-refractivity contribution in [1.29, 1.82) is 0 Å². The predicted molar refractivity (Wildman–Crippen MR) is 89.1 cm³/mol. The minimum absolute atomic E-state index is 0.0308. The fourth-order valence-electron chi connectivity index (χ4n) is 2.68. The second-order valence-corrected chi connectivity index (χ2v) is 6.04. The Morgan fingerprint density at radius 2 is 2.17 bits per heavy atom. The molecule has 1 saturated carbocycles. The Kier molecular flexibility index (Phi) is 4.49. The number of benzene rings is 1. The van der Waals surface area contributed by atoms with Gasteiger partial charge in [-0.25, -0.2) is 4.39 Å². The minimum atomic E-state index is -1.19. The van der Waals surface area contributed by atoms with Crippen LogP contribution in [0.4, 0.5) is 8.78 Å². The summed E-state index contributed by atoms with van der Waals surface area (Å²) >= 11 is 4.00. The van der Waals surface area contributed by atoms with Gasteiger partial charge in [-0.3, -0.25) is 9.59 Å². The third kappa shape index (κ3) is 2.75. The van der Waals surface area contributed by atoms with Crippen molar-refractivity contribution >= 4 is 29.4 Å². The first-order chi connectivity index (χ1) is 11.5. The summed E-state index contributed by atoms with van der Waals surface area (Å²) < 4.78 is 34.5. The number of carbonyl (C=O) groups excluding carboxylic acids is 1. The zero-order valence-electron chi connectivity index (χ0n) is 12.9. The zero-order chi connectivity index (χ0) is 17.4. The molecule has 128 valence electrons. The van der Waals surface area contributed by atoms with Crippen molar-refractivity contribution in [2.24, 2.45) is 0 Å². The van der Waals surface area contributed by atoms with E-state index in [0.717, 1.165) is 18.9 Å². The molecule has 1 amide bonds. The van der Waals surface area contributed by atoms with Crippen LogP contribution >= 0.6 is 12.6 Å². The van der Waals surface area contributed by atoms with E-state index in [-0.39, 0.29) is 28.3 Å². The average Bonchev–Trinajstić information content (AvgIpc) is 3.40. The van der Waals surface area contributed by atoms with Crippen LogP contribution in [0.25, 0.3) is 10.9 Å². The number of halogens is 2. The van der Waals surface area contributed by atoms with Crippen LogP contribution in [0.5, 0.6) is 5.75 Å². The largest absolute Gasteiger partial charge is 0.491 e. The number of ether oxygens (including phenoxy) is 1. The first-order valence-electron chi connectivity index (χ1n) is 7.49. The number of fused-ring (bicyclic) bond motifs is 1. The van der Waals surface area contributed by atoms with Crippen LogP contribution in [0.15, 0.2) is 17.1 Å². The molecule has 0 aliphatic heterocycles. The van der Waals surface area contributed by atoms with Gasteiger partial charge in [-0.05, 0) is 18.9 Å². The molecule has 0 bridgehead atoms. The lowest BCUT2D eigenvalue weighted by Crippen LogP contribution is -2.31. The number of methoxy groups -OCH3 is 1. The number of aromatic nitrogens is 1. The highest BCUT2D eigenvalue weighted by Gasteiger charge is 2.30. The minimum Gasteiger partial charge on any atom is -0.491 e. The molecule has 0 spiro atoms. The number of pyridine rings is 1. The first kappa shape index (κ1) is 16.8. The van der Waals surface area contributed by atoms with E-state index in [1.54, 1.807) is 4.57 Å². The van der Waals surface area contributed by atoms with Gasteiger partial charge in [0.25, 0.3) is 5.91 Å². The number of nitrogens with zero attached hydrogens (tertiary/aromatic N) is 1. The third-order valence-corrected chi connectivity index (χ3v) is 4.18. The zero-order valence-corrected chi connectivity index (χ0v) is 13.8. The van der Waals surface area contributed by atoms with Crippen LogP contribution in [-0.4, -0.2) is 29.9 Å². The van der Waals surface area contributed by atoms with Gasteiger partial charge in [0.2, 0.25) is 11.2 Å². The van der Waals surface area contributed by atoms with Gasteiger partial charge < -0.3 is 14.6 Å². The molecule has 2 aromatic rings. The summed E-state index contributed by atoms with van der Waals surface area (Å²) in [5.74, 6) is -2.80. The molecular weight excluding hydrogens is 338 g/mol. The average molecular weight is 354 g/mol. The van der Waals surface area contributed by atoms with Gasteiger partial charge in [-0.1, -0.05) is 0 Å². The number of rotatable bonds is 5. The normalized spacial score (nSPS) is 14.0. The van der Waals surface area contributed by atoms with Gasteiger partial charge in [-0.15, -0.1) is 0 Å². The van der Waals surface area contributed by atoms with Crippen molar-refractivity contribution < 1.29 is 18.3 Å². The van der Waals surface area contributed by atoms with Crippen molar-refractivity contribution in [3.05, 3.63) is 39.7 Å². The van der Waals surface area contributed by atoms with E-state index in [0.29, 0.717) is 12.3 Å². The molecule has 1 aliphatic carbocycles. The summed E-state index contributed by atoms with van der Waals surface area (Å²) in [4.78, 5) is 24.8. The SMILES string of the molecule is COc1c(F)c(F)cc2c(=O)c(C(=O)NCCS)cn(C3CC3)c12. The fraction of sp³-hybridized carbons (Fsp3) is 0.375. The Labute approximate surface area is 142 Å². The predicted octanol–water partition coefficient (Wildman–Crippen LogP) is 2.28. The van der Waals surface area contributed by atoms with Gasteiger partial charge >= 0.3 is 0 Å². The van der Waals surface area contributed by atoms with E-state index >= 15 is 0 Å². The third-order valence-electron chi connectivity index (χ3n) is 3.95. The Morgan fingerprint density at radius 1 is 1.46 bits per heavy atom. The molecule has 1 aromatic heterocycles. The molecule has 1 heterocycles. The Bertz CT molecular complexity index is 878. The smallest absolute Gasteiger partial charge is 0.256 e. The summed E-state index contributed by atoms with van der Waals surface area (Å²) in [6.45, 7) is 0.296. The Morgan fingerprint density at radius 3 is 2.75 bits per heavy atom. The Hall–Kier alpha value is -2.09. The number of nitrogens with one attached hydrogen (secondary N) is 1. The summed E-state index contributed by atoms with van der Waals surface area (Å²) in [6.07, 6.45) is 3.06. The maximum absolute atomic E-state index is 14.1. The molecule has 1 aromatic carbocycles. The topological polar surface area (TPSA) is 60.3 Å². The number of thiol groups is 1. The standard InChI is InChI=1S/C16H16F2N2O3S/c1-23-15-12(18)11(17)6-9-13(15)20(8-2-3-8)7-10(14(9)21)16(22)19-4-5-24/h6-8,24H,2-5H2,1H3,(H,19,22). The molecule has 0 unspecified atom stereocenters. The van der Waals surface area contributed by atoms with Crippen LogP contribution < -0.4 is 15.5 Å². The van der Waals surface area contributed by atoms with Crippen molar-refractivity contribution in [3.63, 3.8) is 0 Å². The highest BCUT2D eigenvalue weighted by atomic mass is 32.1. The second-order valence-electron chi connectivity index (χ2n) is 5.59. The summed E-state index contributed by atoms with van der Waals surface area (Å²) in [5.41, 5.74) is -0.588. The molecule has 3 rings (SSSR count). The number of hydrogen-bond acceptors (Lipinski definition) is 4. The van der Waals surface area contributed by atoms with Gasteiger partial charge in [0.15, 0.2) is 11.6 Å².